The molecule has 2 heterocycles. The Morgan fingerprint density at radius 2 is 1.52 bits per heavy atom. The molecule has 0 saturated carbocycles. The van der Waals surface area contributed by atoms with Crippen molar-refractivity contribution in [2.75, 3.05) is 5.01 Å². The summed E-state index contributed by atoms with van der Waals surface area (Å²) in [5.41, 5.74) is 3.78. The normalized spacial score (nSPS) is 18.3. The fourth-order valence-corrected chi connectivity index (χ4v) is 4.60. The maximum absolute atomic E-state index is 6.70. The van der Waals surface area contributed by atoms with Gasteiger partial charge in [0.15, 0.2) is 0 Å². The molecule has 1 aromatic heterocycles. The fourth-order valence-electron chi connectivity index (χ4n) is 3.95. The topological polar surface area (TPSA) is 33.4 Å². The number of halogens is 3. The van der Waals surface area contributed by atoms with Crippen molar-refractivity contribution in [3.63, 3.8) is 0 Å². The molecule has 0 radical (unpaired) electrons. The Morgan fingerprint density at radius 1 is 0.774 bits per heavy atom. The van der Waals surface area contributed by atoms with E-state index in [1.165, 1.54) is 0 Å². The van der Waals surface area contributed by atoms with E-state index in [1.807, 2.05) is 77.9 Å². The van der Waals surface area contributed by atoms with E-state index in [9.17, 15) is 0 Å². The third kappa shape index (κ3) is 3.83. The molecule has 31 heavy (non-hydrogen) atoms. The van der Waals surface area contributed by atoms with Gasteiger partial charge in [-0.25, -0.2) is 4.98 Å². The molecule has 0 N–H and O–H groups in total. The van der Waals surface area contributed by atoms with Crippen LogP contribution >= 0.6 is 34.8 Å². The van der Waals surface area contributed by atoms with Crippen molar-refractivity contribution >= 4 is 46.2 Å². The third-order valence-corrected chi connectivity index (χ3v) is 6.16. The highest BCUT2D eigenvalue weighted by atomic mass is 35.5. The van der Waals surface area contributed by atoms with Gasteiger partial charge in [0.1, 0.15) is 12.1 Å². The molecular formula is C24H17Cl3N4. The van der Waals surface area contributed by atoms with Gasteiger partial charge in [0.25, 0.3) is 0 Å². The highest BCUT2D eigenvalue weighted by Gasteiger charge is 2.41. The zero-order valence-corrected chi connectivity index (χ0v) is 18.5. The molecule has 3 aromatic carbocycles. The van der Waals surface area contributed by atoms with Crippen molar-refractivity contribution in [1.29, 1.82) is 0 Å². The number of imidazole rings is 1. The quantitative estimate of drug-likeness (QED) is 0.322. The second-order valence-corrected chi connectivity index (χ2v) is 8.52. The van der Waals surface area contributed by atoms with E-state index in [0.29, 0.717) is 15.1 Å². The molecule has 4 nitrogen and oxygen atoms in total. The van der Waals surface area contributed by atoms with Gasteiger partial charge in [0.2, 0.25) is 0 Å². The summed E-state index contributed by atoms with van der Waals surface area (Å²) < 4.78 is 2.06. The summed E-state index contributed by atoms with van der Waals surface area (Å²) in [5.74, 6) is 0. The van der Waals surface area contributed by atoms with Crippen molar-refractivity contribution in [2.45, 2.75) is 12.1 Å². The smallest absolute Gasteiger partial charge is 0.106 e. The Kier molecular flexibility index (Phi) is 5.45. The molecule has 5 rings (SSSR count). The Balaban J connectivity index is 1.73. The van der Waals surface area contributed by atoms with E-state index in [2.05, 4.69) is 9.55 Å². The molecule has 2 atom stereocenters. The van der Waals surface area contributed by atoms with Crippen LogP contribution < -0.4 is 5.01 Å². The molecule has 1 aliphatic rings. The number of hydrazone groups is 1. The van der Waals surface area contributed by atoms with Crippen LogP contribution in [0.5, 0.6) is 0 Å². The van der Waals surface area contributed by atoms with Crippen LogP contribution in [0.3, 0.4) is 0 Å². The molecule has 0 amide bonds. The average Bonchev–Trinajstić information content (AvgIpc) is 3.43. The molecule has 4 aromatic rings. The van der Waals surface area contributed by atoms with E-state index < -0.39 is 0 Å². The van der Waals surface area contributed by atoms with Crippen molar-refractivity contribution in [2.24, 2.45) is 5.10 Å². The van der Waals surface area contributed by atoms with Crippen LogP contribution in [0.4, 0.5) is 5.69 Å². The largest absolute Gasteiger partial charge is 0.326 e. The molecular weight excluding hydrogens is 451 g/mol. The molecule has 0 aliphatic carbocycles. The Labute approximate surface area is 195 Å². The van der Waals surface area contributed by atoms with Gasteiger partial charge in [-0.15, -0.1) is 0 Å². The lowest BCUT2D eigenvalue weighted by Gasteiger charge is -2.30. The minimum absolute atomic E-state index is 0.164. The Bertz CT molecular complexity index is 1220. The summed E-state index contributed by atoms with van der Waals surface area (Å²) in [6, 6.07) is 23.0. The molecule has 0 bridgehead atoms. The fraction of sp³-hybridized carbons (Fsp3) is 0.0833. The van der Waals surface area contributed by atoms with E-state index in [4.69, 9.17) is 39.9 Å². The lowest BCUT2D eigenvalue weighted by Crippen LogP contribution is -2.28. The first-order valence-electron chi connectivity index (χ1n) is 9.73. The maximum Gasteiger partial charge on any atom is 0.106 e. The van der Waals surface area contributed by atoms with Crippen LogP contribution in [0.15, 0.2) is 96.6 Å². The number of aromatic nitrogens is 2. The van der Waals surface area contributed by atoms with Gasteiger partial charge in [-0.05, 0) is 42.0 Å². The number of anilines is 1. The van der Waals surface area contributed by atoms with Crippen molar-refractivity contribution in [3.05, 3.63) is 118 Å². The van der Waals surface area contributed by atoms with Crippen LogP contribution in [0, 0.1) is 0 Å². The number of benzene rings is 3. The summed E-state index contributed by atoms with van der Waals surface area (Å²) in [6.07, 6.45) is 5.52. The summed E-state index contributed by atoms with van der Waals surface area (Å²) in [6.45, 7) is 0. The number of para-hydroxylation sites is 1. The molecule has 7 heteroatoms. The van der Waals surface area contributed by atoms with Gasteiger partial charge in [-0.2, -0.15) is 5.10 Å². The summed E-state index contributed by atoms with van der Waals surface area (Å²) >= 11 is 19.0. The highest BCUT2D eigenvalue weighted by molar-refractivity contribution is 6.35. The van der Waals surface area contributed by atoms with Crippen molar-refractivity contribution in [3.8, 4) is 0 Å². The molecule has 0 fully saturated rings. The lowest BCUT2D eigenvalue weighted by molar-refractivity contribution is 0.527. The van der Waals surface area contributed by atoms with Gasteiger partial charge in [0.05, 0.1) is 17.7 Å². The zero-order chi connectivity index (χ0) is 21.4. The predicted molar refractivity (Wildman–Crippen MR) is 127 cm³/mol. The van der Waals surface area contributed by atoms with Crippen LogP contribution in [0.25, 0.3) is 0 Å². The minimum Gasteiger partial charge on any atom is -0.326 e. The molecule has 1 aliphatic heterocycles. The first-order chi connectivity index (χ1) is 15.1. The van der Waals surface area contributed by atoms with Gasteiger partial charge >= 0.3 is 0 Å². The number of hydrogen-bond donors (Lipinski definition) is 0. The number of hydrogen-bond acceptors (Lipinski definition) is 3. The van der Waals surface area contributed by atoms with E-state index in [1.54, 1.807) is 18.6 Å². The van der Waals surface area contributed by atoms with Crippen molar-refractivity contribution < 1.29 is 0 Å². The van der Waals surface area contributed by atoms with Crippen LogP contribution in [-0.4, -0.2) is 15.3 Å². The van der Waals surface area contributed by atoms with Gasteiger partial charge in [0, 0.05) is 33.0 Å². The van der Waals surface area contributed by atoms with E-state index in [-0.39, 0.29) is 12.1 Å². The summed E-state index contributed by atoms with van der Waals surface area (Å²) in [7, 11) is 0. The zero-order valence-electron chi connectivity index (χ0n) is 16.2. The second-order valence-electron chi connectivity index (χ2n) is 7.24. The molecule has 2 unspecified atom stereocenters. The van der Waals surface area contributed by atoms with Crippen LogP contribution in [-0.2, 0) is 0 Å². The van der Waals surface area contributed by atoms with Gasteiger partial charge < -0.3 is 4.57 Å². The standard InChI is InChI=1S/C24H17Cl3N4/c25-17-8-6-16(7-9-17)22-24(30-13-12-28-15-30)23(20-11-10-18(26)14-21(20)27)31(29-22)19-4-2-1-3-5-19/h1-15,23-24H. The monoisotopic (exact) mass is 466 g/mol. The maximum atomic E-state index is 6.70. The predicted octanol–water partition coefficient (Wildman–Crippen LogP) is 7.05. The summed E-state index contributed by atoms with van der Waals surface area (Å²) in [4.78, 5) is 4.29. The SMILES string of the molecule is Clc1ccc(C2=NN(c3ccccc3)C(c3ccc(Cl)cc3Cl)C2n2ccnc2)cc1. The first kappa shape index (κ1) is 20.1. The summed E-state index contributed by atoms with van der Waals surface area (Å²) in [5, 5.41) is 8.97. The van der Waals surface area contributed by atoms with Crippen molar-refractivity contribution in [1.82, 2.24) is 9.55 Å². The third-order valence-electron chi connectivity index (χ3n) is 5.35. The van der Waals surface area contributed by atoms with Crippen LogP contribution in [0.2, 0.25) is 15.1 Å². The Morgan fingerprint density at radius 3 is 2.19 bits per heavy atom. The lowest BCUT2D eigenvalue weighted by atomic mass is 9.92. The van der Waals surface area contributed by atoms with E-state index >= 15 is 0 Å². The number of nitrogens with zero attached hydrogens (tertiary/aromatic N) is 4. The average molecular weight is 468 g/mol. The van der Waals surface area contributed by atoms with Gasteiger partial charge in [-0.1, -0.05) is 71.2 Å². The molecule has 154 valence electrons. The molecule has 0 saturated heterocycles. The second kappa shape index (κ2) is 8.39. The van der Waals surface area contributed by atoms with E-state index in [0.717, 1.165) is 22.5 Å². The first-order valence-corrected chi connectivity index (χ1v) is 10.9. The molecule has 0 spiro atoms. The highest BCUT2D eigenvalue weighted by Crippen LogP contribution is 2.45. The number of rotatable bonds is 4. The van der Waals surface area contributed by atoms with Gasteiger partial charge in [-0.3, -0.25) is 5.01 Å². The minimum atomic E-state index is -0.202. The Hall–Kier alpha value is -2.79. The van der Waals surface area contributed by atoms with Crippen LogP contribution in [0.1, 0.15) is 23.2 Å².